The van der Waals surface area contributed by atoms with Crippen LogP contribution in [0.25, 0.3) is 5.57 Å². The third-order valence-corrected chi connectivity index (χ3v) is 10.8. The molecule has 1 N–H and O–H groups in total. The van der Waals surface area contributed by atoms with E-state index in [1.807, 2.05) is 6.07 Å². The highest BCUT2D eigenvalue weighted by Gasteiger charge is 2.38. The third kappa shape index (κ3) is 4.01. The van der Waals surface area contributed by atoms with Crippen LogP contribution in [0.5, 0.6) is 0 Å². The molecule has 0 spiro atoms. The fraction of sp³-hybridized carbons (Fsp3) is 0.619. The van der Waals surface area contributed by atoms with Gasteiger partial charge in [0.1, 0.15) is 0 Å². The van der Waals surface area contributed by atoms with Gasteiger partial charge in [0.2, 0.25) is 0 Å². The molecule has 0 radical (unpaired) electrons. The second kappa shape index (κ2) is 8.46. The molecule has 24 heavy (non-hydrogen) atoms. The van der Waals surface area contributed by atoms with E-state index in [2.05, 4.69) is 65.0 Å². The molecular weight excluding hydrogens is 312 g/mol. The molecule has 4 atom stereocenters. The van der Waals surface area contributed by atoms with Crippen LogP contribution in [-0.4, -0.2) is 25.6 Å². The Morgan fingerprint density at radius 3 is 2.17 bits per heavy atom. The zero-order valence-electron chi connectivity index (χ0n) is 16.0. The average molecular weight is 347 g/mol. The molecular formula is C21H34O2Si. The van der Waals surface area contributed by atoms with Gasteiger partial charge in [-0.05, 0) is 35.7 Å². The summed E-state index contributed by atoms with van der Waals surface area (Å²) in [6, 6.07) is 13.9. The van der Waals surface area contributed by atoms with Gasteiger partial charge in [-0.1, -0.05) is 71.0 Å². The van der Waals surface area contributed by atoms with Crippen molar-refractivity contribution in [2.24, 2.45) is 11.8 Å². The van der Waals surface area contributed by atoms with Crippen LogP contribution in [0.1, 0.15) is 46.6 Å². The Labute approximate surface area is 149 Å². The molecule has 1 aromatic carbocycles. The summed E-state index contributed by atoms with van der Waals surface area (Å²) < 4.78 is 6.76. The maximum absolute atomic E-state index is 10.9. The number of hydrogen-bond acceptors (Lipinski definition) is 2. The van der Waals surface area contributed by atoms with Gasteiger partial charge < -0.3 is 9.53 Å². The predicted molar refractivity (Wildman–Crippen MR) is 105 cm³/mol. The average Bonchev–Trinajstić information content (AvgIpc) is 2.73. The van der Waals surface area contributed by atoms with Crippen molar-refractivity contribution >= 4 is 13.9 Å². The summed E-state index contributed by atoms with van der Waals surface area (Å²) >= 11 is 0. The molecule has 1 unspecified atom stereocenters. The molecule has 0 saturated heterocycles. The van der Waals surface area contributed by atoms with E-state index in [9.17, 15) is 5.11 Å². The first kappa shape index (κ1) is 19.4. The Hall–Kier alpha value is -0.903. The molecule has 1 aliphatic rings. The minimum Gasteiger partial charge on any atom is -0.413 e. The maximum Gasteiger partial charge on any atom is 0.192 e. The van der Waals surface area contributed by atoms with Crippen LogP contribution in [0.3, 0.4) is 0 Å². The van der Waals surface area contributed by atoms with Crippen molar-refractivity contribution in [1.82, 2.24) is 0 Å². The predicted octanol–water partition coefficient (Wildman–Crippen LogP) is 5.50. The summed E-state index contributed by atoms with van der Waals surface area (Å²) in [5.74, 6) is 0.297. The number of aliphatic hydroxyl groups is 1. The monoisotopic (exact) mass is 346 g/mol. The summed E-state index contributed by atoms with van der Waals surface area (Å²) in [5.41, 5.74) is 2.49. The molecule has 0 fully saturated rings. The van der Waals surface area contributed by atoms with E-state index in [0.29, 0.717) is 0 Å². The fourth-order valence-electron chi connectivity index (χ4n) is 3.99. The number of hydrogen-bond donors (Lipinski definition) is 1. The van der Waals surface area contributed by atoms with Crippen molar-refractivity contribution in [3.8, 4) is 0 Å². The topological polar surface area (TPSA) is 29.5 Å². The lowest BCUT2D eigenvalue weighted by Gasteiger charge is -2.37. The standard InChI is InChI=1S/C21H34O2Si/c1-6-24(7-2,8-3)23-20-15-14-19(16(4)21(22)17(20)5)18-12-10-9-11-13-18/h9-14,16-17,20-22H,6-8,15H2,1-5H3/t16-,17-,20?,21-/m1/s1. The van der Waals surface area contributed by atoms with Crippen molar-refractivity contribution in [1.29, 1.82) is 0 Å². The maximum atomic E-state index is 10.9. The first-order valence-corrected chi connectivity index (χ1v) is 12.1. The van der Waals surface area contributed by atoms with Crippen molar-refractivity contribution in [2.75, 3.05) is 0 Å². The second-order valence-corrected chi connectivity index (χ2v) is 12.0. The van der Waals surface area contributed by atoms with Gasteiger partial charge in [0.25, 0.3) is 0 Å². The Balaban J connectivity index is 2.28. The quantitative estimate of drug-likeness (QED) is 0.689. The van der Waals surface area contributed by atoms with E-state index in [-0.39, 0.29) is 24.0 Å². The van der Waals surface area contributed by atoms with Crippen LogP contribution in [0.15, 0.2) is 36.4 Å². The largest absolute Gasteiger partial charge is 0.413 e. The summed E-state index contributed by atoms with van der Waals surface area (Å²) in [4.78, 5) is 0. The van der Waals surface area contributed by atoms with E-state index in [1.54, 1.807) is 0 Å². The summed E-state index contributed by atoms with van der Waals surface area (Å²) in [7, 11) is -1.66. The van der Waals surface area contributed by atoms with Crippen molar-refractivity contribution in [2.45, 2.75) is 71.4 Å². The molecule has 2 nitrogen and oxygen atoms in total. The first-order chi connectivity index (χ1) is 11.5. The van der Waals surface area contributed by atoms with Gasteiger partial charge in [-0.15, -0.1) is 0 Å². The number of aliphatic hydroxyl groups excluding tert-OH is 1. The lowest BCUT2D eigenvalue weighted by molar-refractivity contribution is 0.0181. The molecule has 0 aromatic heterocycles. The van der Waals surface area contributed by atoms with Crippen LogP contribution < -0.4 is 0 Å². The molecule has 0 saturated carbocycles. The van der Waals surface area contributed by atoms with Crippen molar-refractivity contribution < 1.29 is 9.53 Å². The van der Waals surface area contributed by atoms with Crippen molar-refractivity contribution in [3.63, 3.8) is 0 Å². The highest BCUT2D eigenvalue weighted by atomic mass is 28.4. The van der Waals surface area contributed by atoms with E-state index < -0.39 is 8.32 Å². The highest BCUT2D eigenvalue weighted by molar-refractivity contribution is 6.73. The van der Waals surface area contributed by atoms with Crippen LogP contribution in [0.2, 0.25) is 18.1 Å². The number of benzene rings is 1. The molecule has 134 valence electrons. The third-order valence-electron chi connectivity index (χ3n) is 6.14. The van der Waals surface area contributed by atoms with Gasteiger partial charge in [0, 0.05) is 11.8 Å². The first-order valence-electron chi connectivity index (χ1n) is 9.59. The second-order valence-electron chi connectivity index (χ2n) is 7.30. The normalized spacial score (nSPS) is 28.3. The van der Waals surface area contributed by atoms with Gasteiger partial charge >= 0.3 is 0 Å². The van der Waals surface area contributed by atoms with E-state index in [4.69, 9.17) is 4.43 Å². The van der Waals surface area contributed by atoms with Crippen LogP contribution in [0, 0.1) is 11.8 Å². The Kier molecular flexibility index (Phi) is 6.85. The van der Waals surface area contributed by atoms with Gasteiger partial charge in [0.15, 0.2) is 8.32 Å². The Morgan fingerprint density at radius 1 is 1.04 bits per heavy atom. The minimum atomic E-state index is -1.66. The van der Waals surface area contributed by atoms with Crippen LogP contribution in [-0.2, 0) is 4.43 Å². The molecule has 2 rings (SSSR count). The van der Waals surface area contributed by atoms with E-state index >= 15 is 0 Å². The Bertz CT molecular complexity index is 528. The SMILES string of the molecule is CC[Si](CC)(CC)OC1CC=C(c2ccccc2)[C@@H](C)[C@@H](O)[C@@H]1C. The smallest absolute Gasteiger partial charge is 0.192 e. The highest BCUT2D eigenvalue weighted by Crippen LogP contribution is 2.37. The molecule has 1 aliphatic carbocycles. The van der Waals surface area contributed by atoms with Gasteiger partial charge in [-0.25, -0.2) is 0 Å². The molecule has 0 heterocycles. The lowest BCUT2D eigenvalue weighted by atomic mass is 9.85. The summed E-state index contributed by atoms with van der Waals surface area (Å²) in [6.07, 6.45) is 3.00. The van der Waals surface area contributed by atoms with Crippen molar-refractivity contribution in [3.05, 3.63) is 42.0 Å². The molecule has 0 aliphatic heterocycles. The summed E-state index contributed by atoms with van der Waals surface area (Å²) in [6.45, 7) is 11.1. The van der Waals surface area contributed by atoms with E-state index in [0.717, 1.165) is 24.6 Å². The molecule has 1 aromatic rings. The van der Waals surface area contributed by atoms with E-state index in [1.165, 1.54) is 11.1 Å². The zero-order chi connectivity index (χ0) is 17.7. The summed E-state index contributed by atoms with van der Waals surface area (Å²) in [5, 5.41) is 10.9. The van der Waals surface area contributed by atoms with Crippen LogP contribution >= 0.6 is 0 Å². The van der Waals surface area contributed by atoms with Gasteiger partial charge in [-0.3, -0.25) is 0 Å². The molecule has 0 amide bonds. The molecule has 0 bridgehead atoms. The van der Waals surface area contributed by atoms with Gasteiger partial charge in [-0.2, -0.15) is 0 Å². The lowest BCUT2D eigenvalue weighted by Crippen LogP contribution is -2.44. The molecule has 3 heteroatoms. The fourth-order valence-corrected chi connectivity index (χ4v) is 6.94. The Morgan fingerprint density at radius 2 is 1.62 bits per heavy atom. The zero-order valence-corrected chi connectivity index (χ0v) is 17.0. The van der Waals surface area contributed by atoms with Gasteiger partial charge in [0.05, 0.1) is 12.2 Å². The minimum absolute atomic E-state index is 0.134. The number of rotatable bonds is 6. The van der Waals surface area contributed by atoms with Crippen LogP contribution in [0.4, 0.5) is 0 Å².